The topological polar surface area (TPSA) is 51.0 Å². The van der Waals surface area contributed by atoms with Crippen molar-refractivity contribution in [2.45, 2.75) is 30.3 Å². The van der Waals surface area contributed by atoms with E-state index in [9.17, 15) is 4.79 Å². The predicted octanol–water partition coefficient (Wildman–Crippen LogP) is 3.14. The first-order valence-corrected chi connectivity index (χ1v) is 9.64. The Hall–Kier alpha value is -1.53. The molecule has 128 valence electrons. The van der Waals surface area contributed by atoms with Gasteiger partial charge in [-0.3, -0.25) is 4.79 Å². The molecule has 5 nitrogen and oxygen atoms in total. The van der Waals surface area contributed by atoms with E-state index in [-0.39, 0.29) is 11.8 Å². The van der Waals surface area contributed by atoms with Gasteiger partial charge in [-0.25, -0.2) is 0 Å². The summed E-state index contributed by atoms with van der Waals surface area (Å²) >= 11 is 7.59. The number of piperidine rings is 1. The maximum Gasteiger partial charge on any atom is 0.227 e. The maximum atomic E-state index is 12.6. The van der Waals surface area contributed by atoms with E-state index in [1.807, 2.05) is 47.0 Å². The van der Waals surface area contributed by atoms with Gasteiger partial charge in [-0.1, -0.05) is 35.5 Å². The van der Waals surface area contributed by atoms with Crippen molar-refractivity contribution < 1.29 is 4.79 Å². The van der Waals surface area contributed by atoms with Crippen LogP contribution >= 0.6 is 23.4 Å². The first kappa shape index (κ1) is 17.3. The van der Waals surface area contributed by atoms with Crippen LogP contribution in [0.3, 0.4) is 0 Å². The van der Waals surface area contributed by atoms with E-state index < -0.39 is 0 Å². The third kappa shape index (κ3) is 3.75. The molecule has 7 heteroatoms. The predicted molar refractivity (Wildman–Crippen MR) is 96.5 cm³/mol. The molecule has 1 atom stereocenters. The average molecular weight is 365 g/mol. The van der Waals surface area contributed by atoms with Crippen LogP contribution in [-0.2, 0) is 18.3 Å². The van der Waals surface area contributed by atoms with E-state index in [2.05, 4.69) is 10.2 Å². The van der Waals surface area contributed by atoms with Crippen LogP contribution in [0.2, 0.25) is 5.02 Å². The molecule has 0 saturated carbocycles. The van der Waals surface area contributed by atoms with Crippen molar-refractivity contribution in [2.75, 3.05) is 19.3 Å². The van der Waals surface area contributed by atoms with E-state index in [1.54, 1.807) is 11.8 Å². The highest BCUT2D eigenvalue weighted by atomic mass is 35.5. The Bertz CT molecular complexity index is 733. The standard InChI is InChI=1S/C17H21ClN4OS/c1-21-16(19-20-17(21)24-2)13-6-4-8-22(11-13)15(23)10-12-5-3-7-14(18)9-12/h3,5,7,9,13H,4,6,8,10-11H2,1-2H3. The van der Waals surface area contributed by atoms with Gasteiger partial charge in [-0.15, -0.1) is 10.2 Å². The van der Waals surface area contributed by atoms with Gasteiger partial charge in [0.05, 0.1) is 6.42 Å². The minimum atomic E-state index is 0.147. The number of aromatic nitrogens is 3. The van der Waals surface area contributed by atoms with Crippen LogP contribution in [0, 0.1) is 0 Å². The summed E-state index contributed by atoms with van der Waals surface area (Å²) in [4.78, 5) is 14.6. The fourth-order valence-electron chi connectivity index (χ4n) is 3.21. The Morgan fingerprint density at radius 3 is 2.96 bits per heavy atom. The van der Waals surface area contributed by atoms with Gasteiger partial charge >= 0.3 is 0 Å². The van der Waals surface area contributed by atoms with Crippen molar-refractivity contribution >= 4 is 29.3 Å². The molecule has 1 aromatic carbocycles. The number of benzene rings is 1. The summed E-state index contributed by atoms with van der Waals surface area (Å²) in [6.45, 7) is 1.52. The van der Waals surface area contributed by atoms with Crippen molar-refractivity contribution in [3.63, 3.8) is 0 Å². The molecule has 0 radical (unpaired) electrons. The number of hydrogen-bond donors (Lipinski definition) is 0. The summed E-state index contributed by atoms with van der Waals surface area (Å²) in [5, 5.41) is 10.1. The molecule has 1 aliphatic rings. The van der Waals surface area contributed by atoms with Crippen LogP contribution in [0.4, 0.5) is 0 Å². The quantitative estimate of drug-likeness (QED) is 0.782. The van der Waals surface area contributed by atoms with Crippen LogP contribution in [0.15, 0.2) is 29.4 Å². The second-order valence-corrected chi connectivity index (χ2v) is 7.30. The summed E-state index contributed by atoms with van der Waals surface area (Å²) in [7, 11) is 1.99. The number of nitrogens with zero attached hydrogens (tertiary/aromatic N) is 4. The molecule has 3 rings (SSSR count). The second kappa shape index (κ2) is 7.57. The molecule has 1 aliphatic heterocycles. The molecule has 0 aliphatic carbocycles. The number of carbonyl (C=O) groups excluding carboxylic acids is 1. The zero-order valence-corrected chi connectivity index (χ0v) is 15.5. The van der Waals surface area contributed by atoms with E-state index in [0.29, 0.717) is 18.0 Å². The fourth-order valence-corrected chi connectivity index (χ4v) is 3.91. The molecular weight excluding hydrogens is 344 g/mol. The minimum absolute atomic E-state index is 0.147. The van der Waals surface area contributed by atoms with E-state index >= 15 is 0 Å². The van der Waals surface area contributed by atoms with Crippen molar-refractivity contribution in [2.24, 2.45) is 7.05 Å². The minimum Gasteiger partial charge on any atom is -0.342 e. The second-order valence-electron chi connectivity index (χ2n) is 6.09. The molecule has 2 aromatic rings. The Balaban J connectivity index is 1.68. The Morgan fingerprint density at radius 1 is 1.42 bits per heavy atom. The number of halogens is 1. The van der Waals surface area contributed by atoms with Gasteiger partial charge in [-0.05, 0) is 36.8 Å². The summed E-state index contributed by atoms with van der Waals surface area (Å²) < 4.78 is 2.04. The number of hydrogen-bond acceptors (Lipinski definition) is 4. The SMILES string of the molecule is CSc1nnc(C2CCCN(C(=O)Cc3cccc(Cl)c3)C2)n1C. The molecule has 0 bridgehead atoms. The highest BCUT2D eigenvalue weighted by Gasteiger charge is 2.28. The molecule has 1 unspecified atom stereocenters. The molecule has 0 N–H and O–H groups in total. The number of rotatable bonds is 4. The number of likely N-dealkylation sites (tertiary alicyclic amines) is 1. The van der Waals surface area contributed by atoms with Crippen molar-refractivity contribution in [3.05, 3.63) is 40.7 Å². The van der Waals surface area contributed by atoms with Gasteiger partial charge in [-0.2, -0.15) is 0 Å². The highest BCUT2D eigenvalue weighted by molar-refractivity contribution is 7.98. The van der Waals surface area contributed by atoms with E-state index in [1.165, 1.54) is 0 Å². The van der Waals surface area contributed by atoms with Gasteiger partial charge < -0.3 is 9.47 Å². The van der Waals surface area contributed by atoms with Crippen LogP contribution in [0.5, 0.6) is 0 Å². The van der Waals surface area contributed by atoms with Gasteiger partial charge in [0, 0.05) is 31.1 Å². The van der Waals surface area contributed by atoms with Crippen molar-refractivity contribution in [3.8, 4) is 0 Å². The highest BCUT2D eigenvalue weighted by Crippen LogP contribution is 2.27. The Labute approximate surface area is 151 Å². The summed E-state index contributed by atoms with van der Waals surface area (Å²) in [5.41, 5.74) is 0.956. The molecule has 0 spiro atoms. The molecule has 1 aromatic heterocycles. The van der Waals surface area contributed by atoms with Crippen molar-refractivity contribution in [1.29, 1.82) is 0 Å². The Morgan fingerprint density at radius 2 is 2.25 bits per heavy atom. The third-order valence-electron chi connectivity index (χ3n) is 4.43. The number of thioether (sulfide) groups is 1. The maximum absolute atomic E-state index is 12.6. The lowest BCUT2D eigenvalue weighted by molar-refractivity contribution is -0.131. The lowest BCUT2D eigenvalue weighted by Gasteiger charge is -2.32. The number of carbonyl (C=O) groups is 1. The fraction of sp³-hybridized carbons (Fsp3) is 0.471. The zero-order valence-electron chi connectivity index (χ0n) is 13.9. The smallest absolute Gasteiger partial charge is 0.227 e. The van der Waals surface area contributed by atoms with E-state index in [0.717, 1.165) is 35.9 Å². The molecule has 24 heavy (non-hydrogen) atoms. The third-order valence-corrected chi connectivity index (χ3v) is 5.39. The average Bonchev–Trinajstić information content (AvgIpc) is 2.95. The monoisotopic (exact) mass is 364 g/mol. The zero-order chi connectivity index (χ0) is 17.1. The normalized spacial score (nSPS) is 18.0. The van der Waals surface area contributed by atoms with Gasteiger partial charge in [0.15, 0.2) is 5.16 Å². The lowest BCUT2D eigenvalue weighted by atomic mass is 9.96. The largest absolute Gasteiger partial charge is 0.342 e. The molecule has 2 heterocycles. The summed E-state index contributed by atoms with van der Waals surface area (Å²) in [6, 6.07) is 7.50. The van der Waals surface area contributed by atoms with Crippen LogP contribution in [0.1, 0.15) is 30.1 Å². The lowest BCUT2D eigenvalue weighted by Crippen LogP contribution is -2.40. The number of amides is 1. The van der Waals surface area contributed by atoms with Crippen LogP contribution in [-0.4, -0.2) is 44.9 Å². The van der Waals surface area contributed by atoms with Gasteiger partial charge in [0.1, 0.15) is 5.82 Å². The summed E-state index contributed by atoms with van der Waals surface area (Å²) in [6.07, 6.45) is 4.42. The molecular formula is C17H21ClN4OS. The first-order valence-electron chi connectivity index (χ1n) is 8.04. The Kier molecular flexibility index (Phi) is 5.46. The molecule has 1 amide bonds. The van der Waals surface area contributed by atoms with Crippen LogP contribution < -0.4 is 0 Å². The molecule has 1 saturated heterocycles. The van der Waals surface area contributed by atoms with E-state index in [4.69, 9.17) is 11.6 Å². The molecule has 1 fully saturated rings. The first-order chi connectivity index (χ1) is 11.6. The van der Waals surface area contributed by atoms with Gasteiger partial charge in [0.2, 0.25) is 5.91 Å². The van der Waals surface area contributed by atoms with Gasteiger partial charge in [0.25, 0.3) is 0 Å². The summed E-state index contributed by atoms with van der Waals surface area (Å²) in [5.74, 6) is 1.37. The van der Waals surface area contributed by atoms with Crippen LogP contribution in [0.25, 0.3) is 0 Å². The van der Waals surface area contributed by atoms with Crippen molar-refractivity contribution in [1.82, 2.24) is 19.7 Å².